The molecule has 0 spiro atoms. The molecule has 1 aliphatic rings. The lowest BCUT2D eigenvalue weighted by atomic mass is 9.63. The first-order valence-corrected chi connectivity index (χ1v) is 9.76. The first-order chi connectivity index (χ1) is 13.1. The van der Waals surface area contributed by atoms with E-state index in [0.29, 0.717) is 12.2 Å². The third-order valence-corrected chi connectivity index (χ3v) is 5.87. The SMILES string of the molecule is CC1(C)CCC(C)(C)c2cc(CCC(=O)Oc3ccc(C(=O)O)cc3)ccc21. The highest BCUT2D eigenvalue weighted by Crippen LogP contribution is 2.45. The van der Waals surface area contributed by atoms with Crippen LogP contribution in [-0.2, 0) is 22.0 Å². The fourth-order valence-electron chi connectivity index (χ4n) is 3.89. The molecular weight excluding hydrogens is 352 g/mol. The maximum Gasteiger partial charge on any atom is 0.335 e. The van der Waals surface area contributed by atoms with E-state index in [0.717, 1.165) is 12.0 Å². The normalized spacial score (nSPS) is 16.9. The number of esters is 1. The largest absolute Gasteiger partial charge is 0.478 e. The summed E-state index contributed by atoms with van der Waals surface area (Å²) < 4.78 is 5.33. The lowest BCUT2D eigenvalue weighted by Gasteiger charge is -2.42. The minimum absolute atomic E-state index is 0.146. The standard InChI is InChI=1S/C24H28O4/c1-23(2)13-14-24(3,4)20-15-16(5-11-19(20)23)6-12-21(25)28-18-9-7-17(8-10-18)22(26)27/h5,7-11,15H,6,12-14H2,1-4H3,(H,26,27). The molecule has 4 nitrogen and oxygen atoms in total. The Hall–Kier alpha value is -2.62. The van der Waals surface area contributed by atoms with Gasteiger partial charge in [-0.3, -0.25) is 4.79 Å². The van der Waals surface area contributed by atoms with Gasteiger partial charge in [0.15, 0.2) is 0 Å². The Morgan fingerprint density at radius 2 is 1.54 bits per heavy atom. The van der Waals surface area contributed by atoms with E-state index in [4.69, 9.17) is 9.84 Å². The molecule has 0 saturated heterocycles. The highest BCUT2D eigenvalue weighted by Gasteiger charge is 2.36. The Bertz CT molecular complexity index is 891. The number of carboxylic acids is 1. The Morgan fingerprint density at radius 1 is 0.929 bits per heavy atom. The summed E-state index contributed by atoms with van der Waals surface area (Å²) in [5.74, 6) is -0.958. The van der Waals surface area contributed by atoms with E-state index >= 15 is 0 Å². The van der Waals surface area contributed by atoms with Crippen molar-refractivity contribution in [1.82, 2.24) is 0 Å². The van der Waals surface area contributed by atoms with Crippen LogP contribution in [0, 0.1) is 0 Å². The summed E-state index contributed by atoms with van der Waals surface area (Å²) in [5.41, 5.74) is 4.44. The molecule has 0 atom stereocenters. The second kappa shape index (κ2) is 7.42. The van der Waals surface area contributed by atoms with Crippen LogP contribution in [0.25, 0.3) is 0 Å². The average Bonchev–Trinajstić information content (AvgIpc) is 2.64. The summed E-state index contributed by atoms with van der Waals surface area (Å²) in [6, 6.07) is 12.5. The van der Waals surface area contributed by atoms with Gasteiger partial charge in [0, 0.05) is 6.42 Å². The lowest BCUT2D eigenvalue weighted by molar-refractivity contribution is -0.134. The Balaban J connectivity index is 1.66. The average molecular weight is 380 g/mol. The van der Waals surface area contributed by atoms with Gasteiger partial charge in [-0.15, -0.1) is 0 Å². The highest BCUT2D eigenvalue weighted by molar-refractivity contribution is 5.87. The van der Waals surface area contributed by atoms with Gasteiger partial charge in [-0.05, 0) is 71.0 Å². The monoisotopic (exact) mass is 380 g/mol. The van der Waals surface area contributed by atoms with Crippen LogP contribution in [0.3, 0.4) is 0 Å². The van der Waals surface area contributed by atoms with Crippen molar-refractivity contribution in [2.45, 2.75) is 64.2 Å². The predicted molar refractivity (Wildman–Crippen MR) is 109 cm³/mol. The molecule has 0 unspecified atom stereocenters. The van der Waals surface area contributed by atoms with Gasteiger partial charge in [0.2, 0.25) is 0 Å². The Labute approximate surface area is 166 Å². The molecule has 0 saturated carbocycles. The van der Waals surface area contributed by atoms with Crippen LogP contribution in [0.5, 0.6) is 5.75 Å². The number of aromatic carboxylic acids is 1. The minimum atomic E-state index is -1.00. The predicted octanol–water partition coefficient (Wildman–Crippen LogP) is 5.27. The van der Waals surface area contributed by atoms with E-state index in [-0.39, 0.29) is 28.8 Å². The summed E-state index contributed by atoms with van der Waals surface area (Å²) in [6.45, 7) is 9.18. The number of hydrogen-bond donors (Lipinski definition) is 1. The van der Waals surface area contributed by atoms with Crippen molar-refractivity contribution in [1.29, 1.82) is 0 Å². The van der Waals surface area contributed by atoms with Crippen molar-refractivity contribution >= 4 is 11.9 Å². The molecule has 3 rings (SSSR count). The molecule has 1 N–H and O–H groups in total. The molecule has 0 radical (unpaired) electrons. The molecule has 2 aromatic rings. The van der Waals surface area contributed by atoms with Crippen LogP contribution in [0.15, 0.2) is 42.5 Å². The molecule has 0 aliphatic heterocycles. The highest BCUT2D eigenvalue weighted by atomic mass is 16.5. The van der Waals surface area contributed by atoms with Gasteiger partial charge < -0.3 is 9.84 Å². The van der Waals surface area contributed by atoms with Crippen LogP contribution in [0.2, 0.25) is 0 Å². The van der Waals surface area contributed by atoms with E-state index in [1.54, 1.807) is 0 Å². The second-order valence-corrected chi connectivity index (χ2v) is 8.95. The summed E-state index contributed by atoms with van der Waals surface area (Å²) in [6.07, 6.45) is 3.24. The maximum absolute atomic E-state index is 12.2. The second-order valence-electron chi connectivity index (χ2n) is 8.95. The Kier molecular flexibility index (Phi) is 5.33. The summed E-state index contributed by atoms with van der Waals surface area (Å²) in [7, 11) is 0. The molecule has 148 valence electrons. The summed E-state index contributed by atoms with van der Waals surface area (Å²) >= 11 is 0. The van der Waals surface area contributed by atoms with E-state index in [9.17, 15) is 9.59 Å². The molecule has 2 aromatic carbocycles. The van der Waals surface area contributed by atoms with Crippen molar-refractivity contribution in [3.05, 3.63) is 64.7 Å². The van der Waals surface area contributed by atoms with Crippen molar-refractivity contribution in [2.24, 2.45) is 0 Å². The first kappa shape index (κ1) is 20.1. The fraction of sp³-hybridized carbons (Fsp3) is 0.417. The van der Waals surface area contributed by atoms with Gasteiger partial charge in [-0.2, -0.15) is 0 Å². The fourth-order valence-corrected chi connectivity index (χ4v) is 3.89. The molecule has 1 aliphatic carbocycles. The summed E-state index contributed by atoms with van der Waals surface area (Å²) in [4.78, 5) is 23.1. The third kappa shape index (κ3) is 4.27. The van der Waals surface area contributed by atoms with E-state index < -0.39 is 5.97 Å². The number of fused-ring (bicyclic) bond motifs is 1. The summed E-state index contributed by atoms with van der Waals surface area (Å²) in [5, 5.41) is 8.91. The molecule has 28 heavy (non-hydrogen) atoms. The zero-order valence-electron chi connectivity index (χ0n) is 17.0. The van der Waals surface area contributed by atoms with Crippen molar-refractivity contribution in [2.75, 3.05) is 0 Å². The van der Waals surface area contributed by atoms with Gasteiger partial charge in [0.1, 0.15) is 5.75 Å². The molecule has 0 bridgehead atoms. The number of ether oxygens (including phenoxy) is 1. The van der Waals surface area contributed by atoms with Crippen LogP contribution < -0.4 is 4.74 Å². The van der Waals surface area contributed by atoms with Gasteiger partial charge >= 0.3 is 11.9 Å². The topological polar surface area (TPSA) is 63.6 Å². The molecule has 0 amide bonds. The number of aryl methyl sites for hydroxylation is 1. The maximum atomic E-state index is 12.2. The first-order valence-electron chi connectivity index (χ1n) is 9.76. The van der Waals surface area contributed by atoms with Crippen molar-refractivity contribution in [3.8, 4) is 5.75 Å². The van der Waals surface area contributed by atoms with Crippen LogP contribution in [0.1, 0.15) is 74.0 Å². The van der Waals surface area contributed by atoms with Gasteiger partial charge in [-0.25, -0.2) is 4.79 Å². The smallest absolute Gasteiger partial charge is 0.335 e. The number of carboxylic acid groups (broad SMARTS) is 1. The number of rotatable bonds is 5. The molecule has 0 fully saturated rings. The van der Waals surface area contributed by atoms with Gasteiger partial charge in [0.25, 0.3) is 0 Å². The number of hydrogen-bond acceptors (Lipinski definition) is 3. The van der Waals surface area contributed by atoms with Gasteiger partial charge in [0.05, 0.1) is 5.56 Å². The lowest BCUT2D eigenvalue weighted by Crippen LogP contribution is -2.33. The quantitative estimate of drug-likeness (QED) is 0.567. The third-order valence-electron chi connectivity index (χ3n) is 5.87. The molecule has 0 heterocycles. The van der Waals surface area contributed by atoms with Crippen LogP contribution in [-0.4, -0.2) is 17.0 Å². The van der Waals surface area contributed by atoms with E-state index in [1.807, 2.05) is 0 Å². The van der Waals surface area contributed by atoms with E-state index in [1.165, 1.54) is 41.8 Å². The van der Waals surface area contributed by atoms with Crippen molar-refractivity contribution < 1.29 is 19.4 Å². The number of carbonyl (C=O) groups excluding carboxylic acids is 1. The number of carbonyl (C=O) groups is 2. The van der Waals surface area contributed by atoms with Crippen LogP contribution in [0.4, 0.5) is 0 Å². The van der Waals surface area contributed by atoms with Gasteiger partial charge in [-0.1, -0.05) is 45.9 Å². The van der Waals surface area contributed by atoms with Crippen molar-refractivity contribution in [3.63, 3.8) is 0 Å². The number of benzene rings is 2. The van der Waals surface area contributed by atoms with E-state index in [2.05, 4.69) is 45.9 Å². The zero-order chi connectivity index (χ0) is 20.5. The minimum Gasteiger partial charge on any atom is -0.478 e. The molecular formula is C24H28O4. The molecule has 0 aromatic heterocycles. The zero-order valence-corrected chi connectivity index (χ0v) is 17.0. The van der Waals surface area contributed by atoms with Crippen LogP contribution >= 0.6 is 0 Å². The Morgan fingerprint density at radius 3 is 2.14 bits per heavy atom. The molecule has 4 heteroatoms.